The van der Waals surface area contributed by atoms with Gasteiger partial charge in [0.05, 0.1) is 19.9 Å². The van der Waals surface area contributed by atoms with Crippen LogP contribution in [-0.2, 0) is 13.6 Å². The average molecular weight is 439 g/mol. The van der Waals surface area contributed by atoms with E-state index < -0.39 is 11.2 Å². The molecular formula is C21H19ClN6O3. The van der Waals surface area contributed by atoms with Crippen molar-refractivity contribution in [3.63, 3.8) is 0 Å². The van der Waals surface area contributed by atoms with Crippen LogP contribution in [0, 0.1) is 0 Å². The molecule has 2 heterocycles. The SMILES string of the molecule is COc1ccc(/C=N/Nc2nc3c(c(=O)[nH]c(=O)n3C)n2Cc2ccccc2Cl)cc1. The molecule has 9 nitrogen and oxygen atoms in total. The molecule has 0 aliphatic heterocycles. The minimum atomic E-state index is -0.548. The minimum absolute atomic E-state index is 0.239. The number of halogens is 1. The van der Waals surface area contributed by atoms with Crippen LogP contribution in [0.2, 0.25) is 5.02 Å². The van der Waals surface area contributed by atoms with Crippen molar-refractivity contribution >= 4 is 34.9 Å². The number of H-pyrrole nitrogens is 1. The van der Waals surface area contributed by atoms with Gasteiger partial charge in [0, 0.05) is 12.1 Å². The fraction of sp³-hybridized carbons (Fsp3) is 0.143. The number of hydrogen-bond donors (Lipinski definition) is 2. The van der Waals surface area contributed by atoms with E-state index in [0.717, 1.165) is 16.9 Å². The Labute approximate surface area is 181 Å². The first-order valence-corrected chi connectivity index (χ1v) is 9.72. The maximum Gasteiger partial charge on any atom is 0.329 e. The number of benzene rings is 2. The Morgan fingerprint density at radius 3 is 2.65 bits per heavy atom. The quantitative estimate of drug-likeness (QED) is 0.355. The number of imidazole rings is 1. The predicted molar refractivity (Wildman–Crippen MR) is 120 cm³/mol. The van der Waals surface area contributed by atoms with Crippen molar-refractivity contribution in [2.24, 2.45) is 12.1 Å². The van der Waals surface area contributed by atoms with Gasteiger partial charge in [0.1, 0.15) is 5.75 Å². The number of nitrogens with zero attached hydrogens (tertiary/aromatic N) is 4. The van der Waals surface area contributed by atoms with Gasteiger partial charge in [-0.25, -0.2) is 10.2 Å². The fourth-order valence-electron chi connectivity index (χ4n) is 3.13. The summed E-state index contributed by atoms with van der Waals surface area (Å²) in [6.07, 6.45) is 1.61. The monoisotopic (exact) mass is 438 g/mol. The number of methoxy groups -OCH3 is 1. The Balaban J connectivity index is 1.76. The Bertz CT molecular complexity index is 1390. The third-order valence-electron chi connectivity index (χ3n) is 4.79. The highest BCUT2D eigenvalue weighted by Gasteiger charge is 2.18. The number of fused-ring (bicyclic) bond motifs is 1. The first kappa shape index (κ1) is 20.4. The number of hydrogen-bond acceptors (Lipinski definition) is 6. The van der Waals surface area contributed by atoms with E-state index in [1.165, 1.54) is 11.6 Å². The Morgan fingerprint density at radius 1 is 1.19 bits per heavy atom. The molecule has 2 aromatic heterocycles. The standard InChI is InChI=1S/C21H19ClN6O3/c1-27-18-17(19(29)25-21(27)30)28(12-14-5-3-4-6-16(14)22)20(24-18)26-23-11-13-7-9-15(31-2)10-8-13/h3-11H,12H2,1-2H3,(H,24,26)(H,25,29,30)/b23-11+. The molecule has 0 saturated heterocycles. The van der Waals surface area contributed by atoms with Crippen LogP contribution < -0.4 is 21.4 Å². The Kier molecular flexibility index (Phi) is 5.59. The van der Waals surface area contributed by atoms with E-state index in [1.807, 2.05) is 42.5 Å². The molecule has 0 fully saturated rings. The Morgan fingerprint density at radius 2 is 1.94 bits per heavy atom. The number of aromatic nitrogens is 4. The van der Waals surface area contributed by atoms with Crippen LogP contribution in [0.3, 0.4) is 0 Å². The summed E-state index contributed by atoms with van der Waals surface area (Å²) in [5, 5.41) is 4.79. The number of anilines is 1. The summed E-state index contributed by atoms with van der Waals surface area (Å²) >= 11 is 6.31. The molecule has 0 saturated carbocycles. The lowest BCUT2D eigenvalue weighted by molar-refractivity contribution is 0.415. The van der Waals surface area contributed by atoms with Gasteiger partial charge in [0.25, 0.3) is 5.56 Å². The highest BCUT2D eigenvalue weighted by molar-refractivity contribution is 6.31. The molecule has 2 N–H and O–H groups in total. The molecule has 158 valence electrons. The molecule has 10 heteroatoms. The van der Waals surface area contributed by atoms with Crippen molar-refractivity contribution in [3.8, 4) is 5.75 Å². The smallest absolute Gasteiger partial charge is 0.329 e. The molecule has 0 aliphatic carbocycles. The third-order valence-corrected chi connectivity index (χ3v) is 5.16. The largest absolute Gasteiger partial charge is 0.497 e. The zero-order valence-corrected chi connectivity index (χ0v) is 17.6. The van der Waals surface area contributed by atoms with E-state index in [2.05, 4.69) is 20.5 Å². The molecule has 0 amide bonds. The van der Waals surface area contributed by atoms with Gasteiger partial charge in [-0.2, -0.15) is 10.1 Å². The summed E-state index contributed by atoms with van der Waals surface area (Å²) in [4.78, 5) is 31.3. The number of rotatable bonds is 6. The number of aromatic amines is 1. The van der Waals surface area contributed by atoms with Crippen molar-refractivity contribution in [3.05, 3.63) is 85.5 Å². The van der Waals surface area contributed by atoms with Gasteiger partial charge >= 0.3 is 5.69 Å². The lowest BCUT2D eigenvalue weighted by Crippen LogP contribution is -2.29. The maximum atomic E-state index is 12.6. The van der Waals surface area contributed by atoms with Gasteiger partial charge in [-0.1, -0.05) is 29.8 Å². The molecule has 0 radical (unpaired) electrons. The molecule has 0 aliphatic rings. The van der Waals surface area contributed by atoms with Gasteiger partial charge in [-0.05, 0) is 41.5 Å². The van der Waals surface area contributed by atoms with Crippen molar-refractivity contribution in [2.45, 2.75) is 6.54 Å². The molecule has 0 unspecified atom stereocenters. The second-order valence-corrected chi connectivity index (χ2v) is 7.15. The molecule has 0 spiro atoms. The normalized spacial score (nSPS) is 11.3. The summed E-state index contributed by atoms with van der Waals surface area (Å²) < 4.78 is 8.06. The van der Waals surface area contributed by atoms with Crippen LogP contribution in [0.1, 0.15) is 11.1 Å². The zero-order valence-electron chi connectivity index (χ0n) is 16.8. The Hall–Kier alpha value is -3.85. The fourth-order valence-corrected chi connectivity index (χ4v) is 3.32. The topological polar surface area (TPSA) is 106 Å². The van der Waals surface area contributed by atoms with Crippen LogP contribution >= 0.6 is 11.6 Å². The molecule has 31 heavy (non-hydrogen) atoms. The van der Waals surface area contributed by atoms with Gasteiger partial charge in [0.15, 0.2) is 11.2 Å². The molecule has 2 aromatic carbocycles. The van der Waals surface area contributed by atoms with Gasteiger partial charge in [0.2, 0.25) is 5.95 Å². The summed E-state index contributed by atoms with van der Waals surface area (Å²) in [5.41, 5.74) is 3.90. The highest BCUT2D eigenvalue weighted by atomic mass is 35.5. The van der Waals surface area contributed by atoms with Crippen LogP contribution in [0.25, 0.3) is 11.2 Å². The van der Waals surface area contributed by atoms with E-state index >= 15 is 0 Å². The zero-order chi connectivity index (χ0) is 22.0. The predicted octanol–water partition coefficient (Wildman–Crippen LogP) is 2.58. The van der Waals surface area contributed by atoms with E-state index in [1.54, 1.807) is 24.0 Å². The van der Waals surface area contributed by atoms with Crippen LogP contribution in [0.4, 0.5) is 5.95 Å². The molecular weight excluding hydrogens is 420 g/mol. The van der Waals surface area contributed by atoms with E-state index in [0.29, 0.717) is 11.0 Å². The third kappa shape index (κ3) is 4.08. The highest BCUT2D eigenvalue weighted by Crippen LogP contribution is 2.22. The summed E-state index contributed by atoms with van der Waals surface area (Å²) in [7, 11) is 3.14. The van der Waals surface area contributed by atoms with Crippen molar-refractivity contribution < 1.29 is 4.74 Å². The maximum absolute atomic E-state index is 12.6. The van der Waals surface area contributed by atoms with E-state index in [4.69, 9.17) is 16.3 Å². The average Bonchev–Trinajstić information content (AvgIpc) is 3.13. The van der Waals surface area contributed by atoms with E-state index in [-0.39, 0.29) is 17.7 Å². The number of nitrogens with one attached hydrogen (secondary N) is 2. The minimum Gasteiger partial charge on any atom is -0.497 e. The molecule has 4 rings (SSSR count). The van der Waals surface area contributed by atoms with Crippen molar-refractivity contribution in [1.82, 2.24) is 19.1 Å². The van der Waals surface area contributed by atoms with E-state index in [9.17, 15) is 9.59 Å². The van der Waals surface area contributed by atoms with Crippen LogP contribution in [0.5, 0.6) is 5.75 Å². The lowest BCUT2D eigenvalue weighted by Gasteiger charge is -2.09. The molecule has 4 aromatic rings. The lowest BCUT2D eigenvalue weighted by atomic mass is 10.2. The molecule has 0 atom stereocenters. The van der Waals surface area contributed by atoms with Crippen LogP contribution in [-0.4, -0.2) is 32.4 Å². The first-order valence-electron chi connectivity index (χ1n) is 9.34. The van der Waals surface area contributed by atoms with Crippen molar-refractivity contribution in [1.29, 1.82) is 0 Å². The molecule has 0 bridgehead atoms. The summed E-state index contributed by atoms with van der Waals surface area (Å²) in [6.45, 7) is 0.262. The summed E-state index contributed by atoms with van der Waals surface area (Å²) in [6, 6.07) is 14.7. The number of ether oxygens (including phenoxy) is 1. The second kappa shape index (κ2) is 8.49. The summed E-state index contributed by atoms with van der Waals surface area (Å²) in [5.74, 6) is 1.04. The van der Waals surface area contributed by atoms with Crippen LogP contribution in [0.15, 0.2) is 63.2 Å². The number of hydrazone groups is 1. The second-order valence-electron chi connectivity index (χ2n) is 6.75. The van der Waals surface area contributed by atoms with Gasteiger partial charge < -0.3 is 4.74 Å². The number of aryl methyl sites for hydroxylation is 1. The first-order chi connectivity index (χ1) is 15.0. The van der Waals surface area contributed by atoms with Gasteiger partial charge in [-0.3, -0.25) is 18.9 Å². The van der Waals surface area contributed by atoms with Crippen molar-refractivity contribution in [2.75, 3.05) is 12.5 Å². The van der Waals surface area contributed by atoms with Gasteiger partial charge in [-0.15, -0.1) is 0 Å².